The molecule has 1 rings (SSSR count). The van der Waals surface area contributed by atoms with E-state index < -0.39 is 0 Å². The Labute approximate surface area is 89.7 Å². The van der Waals surface area contributed by atoms with Gasteiger partial charge in [0, 0.05) is 5.54 Å². The summed E-state index contributed by atoms with van der Waals surface area (Å²) >= 11 is 0. The molecule has 1 aliphatic carbocycles. The Morgan fingerprint density at radius 2 is 1.93 bits per heavy atom. The van der Waals surface area contributed by atoms with Crippen molar-refractivity contribution < 1.29 is 0 Å². The molecule has 0 spiro atoms. The zero-order chi connectivity index (χ0) is 10.8. The molecule has 0 aromatic heterocycles. The molecule has 0 aromatic rings. The van der Waals surface area contributed by atoms with Gasteiger partial charge in [-0.1, -0.05) is 20.3 Å². The van der Waals surface area contributed by atoms with Gasteiger partial charge in [0.15, 0.2) is 0 Å². The summed E-state index contributed by atoms with van der Waals surface area (Å²) in [7, 11) is 0. The van der Waals surface area contributed by atoms with Gasteiger partial charge in [0.25, 0.3) is 0 Å². The molecule has 1 N–H and O–H groups in total. The fraction of sp³-hybridized carbons (Fsp3) is 1.00. The van der Waals surface area contributed by atoms with E-state index in [1.165, 1.54) is 25.8 Å². The van der Waals surface area contributed by atoms with Crippen molar-refractivity contribution in [3.8, 4) is 0 Å². The molecular formula is C13H27N. The third-order valence-electron chi connectivity index (χ3n) is 3.75. The van der Waals surface area contributed by atoms with Crippen LogP contribution in [0.1, 0.15) is 53.9 Å². The van der Waals surface area contributed by atoms with Crippen LogP contribution in [0.3, 0.4) is 0 Å². The second-order valence-electron chi connectivity index (χ2n) is 6.02. The Kier molecular flexibility index (Phi) is 4.00. The van der Waals surface area contributed by atoms with Crippen molar-refractivity contribution >= 4 is 0 Å². The van der Waals surface area contributed by atoms with Gasteiger partial charge >= 0.3 is 0 Å². The van der Waals surface area contributed by atoms with Crippen LogP contribution in [-0.2, 0) is 0 Å². The molecule has 0 bridgehead atoms. The molecule has 0 aromatic carbocycles. The molecule has 1 fully saturated rings. The molecule has 0 heterocycles. The molecule has 0 radical (unpaired) electrons. The summed E-state index contributed by atoms with van der Waals surface area (Å²) in [4.78, 5) is 0. The van der Waals surface area contributed by atoms with Crippen molar-refractivity contribution in [3.63, 3.8) is 0 Å². The molecule has 3 atom stereocenters. The van der Waals surface area contributed by atoms with Gasteiger partial charge in [-0.2, -0.15) is 0 Å². The van der Waals surface area contributed by atoms with E-state index in [-0.39, 0.29) is 5.54 Å². The van der Waals surface area contributed by atoms with Crippen molar-refractivity contribution in [2.24, 2.45) is 17.8 Å². The zero-order valence-corrected chi connectivity index (χ0v) is 10.6. The lowest BCUT2D eigenvalue weighted by molar-refractivity contribution is 0.102. The Balaban J connectivity index is 2.26. The maximum Gasteiger partial charge on any atom is 0.00966 e. The van der Waals surface area contributed by atoms with E-state index in [4.69, 9.17) is 0 Å². The number of rotatable bonds is 4. The number of nitrogens with one attached hydrogen (secondary N) is 1. The summed E-state index contributed by atoms with van der Waals surface area (Å²) < 4.78 is 0. The third-order valence-corrected chi connectivity index (χ3v) is 3.75. The molecule has 0 aliphatic heterocycles. The van der Waals surface area contributed by atoms with Crippen LogP contribution in [0.4, 0.5) is 0 Å². The van der Waals surface area contributed by atoms with E-state index in [1.807, 2.05) is 0 Å². The van der Waals surface area contributed by atoms with Crippen molar-refractivity contribution in [1.82, 2.24) is 5.32 Å². The third kappa shape index (κ3) is 3.27. The summed E-state index contributed by atoms with van der Waals surface area (Å²) in [6.45, 7) is 12.7. The van der Waals surface area contributed by atoms with Crippen LogP contribution in [0.5, 0.6) is 0 Å². The Morgan fingerprint density at radius 1 is 1.29 bits per heavy atom. The number of hydrogen-bond acceptors (Lipinski definition) is 1. The van der Waals surface area contributed by atoms with E-state index in [0.717, 1.165) is 17.8 Å². The van der Waals surface area contributed by atoms with Crippen molar-refractivity contribution in [2.75, 3.05) is 6.54 Å². The molecule has 1 heteroatoms. The lowest BCUT2D eigenvalue weighted by Crippen LogP contribution is -2.45. The van der Waals surface area contributed by atoms with Crippen LogP contribution in [0.25, 0.3) is 0 Å². The molecular weight excluding hydrogens is 170 g/mol. The highest BCUT2D eigenvalue weighted by Gasteiger charge is 2.34. The van der Waals surface area contributed by atoms with Gasteiger partial charge in [-0.25, -0.2) is 0 Å². The first kappa shape index (κ1) is 12.0. The van der Waals surface area contributed by atoms with Crippen molar-refractivity contribution in [1.29, 1.82) is 0 Å². The summed E-state index contributed by atoms with van der Waals surface area (Å²) in [5.41, 5.74) is 0.287. The van der Waals surface area contributed by atoms with E-state index in [9.17, 15) is 0 Å². The topological polar surface area (TPSA) is 12.0 Å². The average molecular weight is 197 g/mol. The van der Waals surface area contributed by atoms with Crippen molar-refractivity contribution in [2.45, 2.75) is 59.4 Å². The minimum absolute atomic E-state index is 0.287. The van der Waals surface area contributed by atoms with Gasteiger partial charge < -0.3 is 5.32 Å². The van der Waals surface area contributed by atoms with Gasteiger partial charge in [0.1, 0.15) is 0 Å². The highest BCUT2D eigenvalue weighted by Crippen LogP contribution is 2.40. The maximum atomic E-state index is 3.63. The summed E-state index contributed by atoms with van der Waals surface area (Å²) in [6.07, 6.45) is 4.25. The van der Waals surface area contributed by atoms with Crippen LogP contribution in [0.15, 0.2) is 0 Å². The smallest absolute Gasteiger partial charge is 0.00966 e. The van der Waals surface area contributed by atoms with Gasteiger partial charge in [0.05, 0.1) is 0 Å². The zero-order valence-electron chi connectivity index (χ0n) is 10.6. The fourth-order valence-corrected chi connectivity index (χ4v) is 2.34. The fourth-order valence-electron chi connectivity index (χ4n) is 2.34. The Morgan fingerprint density at radius 3 is 2.29 bits per heavy atom. The molecule has 14 heavy (non-hydrogen) atoms. The van der Waals surface area contributed by atoms with Crippen molar-refractivity contribution in [3.05, 3.63) is 0 Å². The molecule has 1 nitrogen and oxygen atoms in total. The predicted molar refractivity (Wildman–Crippen MR) is 63.4 cm³/mol. The van der Waals surface area contributed by atoms with Gasteiger partial charge in [-0.15, -0.1) is 0 Å². The van der Waals surface area contributed by atoms with Crippen LogP contribution in [-0.4, -0.2) is 12.1 Å². The largest absolute Gasteiger partial charge is 0.312 e. The SMILES string of the molecule is CCC(C)C1CCC1CNC(C)(C)C. The molecule has 0 saturated heterocycles. The van der Waals surface area contributed by atoms with E-state index in [2.05, 4.69) is 39.9 Å². The van der Waals surface area contributed by atoms with E-state index in [1.54, 1.807) is 0 Å². The second kappa shape index (κ2) is 4.65. The van der Waals surface area contributed by atoms with Crippen LogP contribution in [0.2, 0.25) is 0 Å². The van der Waals surface area contributed by atoms with Crippen LogP contribution in [0, 0.1) is 17.8 Å². The molecule has 1 saturated carbocycles. The highest BCUT2D eigenvalue weighted by molar-refractivity contribution is 4.86. The molecule has 84 valence electrons. The maximum absolute atomic E-state index is 3.63. The molecule has 1 aliphatic rings. The molecule has 0 amide bonds. The van der Waals surface area contributed by atoms with E-state index in [0.29, 0.717) is 0 Å². The first-order valence-electron chi connectivity index (χ1n) is 6.19. The van der Waals surface area contributed by atoms with Gasteiger partial charge in [0.2, 0.25) is 0 Å². The minimum Gasteiger partial charge on any atom is -0.312 e. The van der Waals surface area contributed by atoms with E-state index >= 15 is 0 Å². The summed E-state index contributed by atoms with van der Waals surface area (Å²) in [5, 5.41) is 3.63. The first-order chi connectivity index (χ1) is 6.44. The normalized spacial score (nSPS) is 29.8. The molecule has 3 unspecified atom stereocenters. The predicted octanol–water partition coefficient (Wildman–Crippen LogP) is 3.45. The highest BCUT2D eigenvalue weighted by atomic mass is 14.9. The average Bonchev–Trinajstić information content (AvgIpc) is 2.00. The lowest BCUT2D eigenvalue weighted by atomic mass is 9.66. The minimum atomic E-state index is 0.287. The Hall–Kier alpha value is -0.0400. The van der Waals surface area contributed by atoms with Gasteiger partial charge in [-0.05, 0) is 57.9 Å². The second-order valence-corrected chi connectivity index (χ2v) is 6.02. The number of hydrogen-bond donors (Lipinski definition) is 1. The lowest BCUT2D eigenvalue weighted by Gasteiger charge is -2.42. The van der Waals surface area contributed by atoms with Crippen LogP contribution < -0.4 is 5.32 Å². The monoisotopic (exact) mass is 197 g/mol. The summed E-state index contributed by atoms with van der Waals surface area (Å²) in [6, 6.07) is 0. The first-order valence-corrected chi connectivity index (χ1v) is 6.19. The Bertz CT molecular complexity index is 169. The summed E-state index contributed by atoms with van der Waals surface area (Å²) in [5.74, 6) is 2.87. The quantitative estimate of drug-likeness (QED) is 0.728. The van der Waals surface area contributed by atoms with Crippen LogP contribution >= 0.6 is 0 Å². The van der Waals surface area contributed by atoms with Gasteiger partial charge in [-0.3, -0.25) is 0 Å². The standard InChI is InChI=1S/C13H27N/c1-6-10(2)12-8-7-11(12)9-14-13(3,4)5/h10-12,14H,6-9H2,1-5H3.